The fourth-order valence-corrected chi connectivity index (χ4v) is 7.66. The van der Waals surface area contributed by atoms with Gasteiger partial charge in [0.1, 0.15) is 29.2 Å². The van der Waals surface area contributed by atoms with Gasteiger partial charge in [-0.25, -0.2) is 19.1 Å². The summed E-state index contributed by atoms with van der Waals surface area (Å²) in [7, 11) is 2.73. The Morgan fingerprint density at radius 1 is 0.819 bits per heavy atom. The zero-order valence-electron chi connectivity index (χ0n) is 40.9. The summed E-state index contributed by atoms with van der Waals surface area (Å²) in [6.45, 7) is 5.76. The van der Waals surface area contributed by atoms with E-state index in [2.05, 4.69) is 36.4 Å². The predicted molar refractivity (Wildman–Crippen MR) is 250 cm³/mol. The molecule has 2 aromatic heterocycles. The molecule has 28 heteroatoms. The molecule has 4 aromatic rings. The minimum absolute atomic E-state index is 0.00505. The van der Waals surface area contributed by atoms with Gasteiger partial charge in [-0.1, -0.05) is 36.4 Å². The lowest BCUT2D eigenvalue weighted by atomic mass is 9.72. The number of esters is 3. The maximum Gasteiger partial charge on any atom is 0.547 e. The predicted octanol–water partition coefficient (Wildman–Crippen LogP) is -0.0803. The van der Waals surface area contributed by atoms with Crippen LogP contribution in [0.15, 0.2) is 42.6 Å². The lowest BCUT2D eigenvalue weighted by molar-refractivity contribution is -0.157. The molecule has 2 aliphatic rings. The third-order valence-electron chi connectivity index (χ3n) is 11.3. The quantitative estimate of drug-likeness (QED) is 0.0309. The number of likely N-dealkylation sites (N-methyl/N-ethyl adjacent to an activating group) is 1. The summed E-state index contributed by atoms with van der Waals surface area (Å²) >= 11 is 0. The number of rotatable bonds is 24. The second-order valence-electron chi connectivity index (χ2n) is 17.7. The summed E-state index contributed by atoms with van der Waals surface area (Å²) in [6.07, 6.45) is 1.92. The summed E-state index contributed by atoms with van der Waals surface area (Å²) in [5, 5.41) is 47.3. The van der Waals surface area contributed by atoms with E-state index in [4.69, 9.17) is 33.0 Å². The van der Waals surface area contributed by atoms with Gasteiger partial charge in [0, 0.05) is 13.1 Å². The molecule has 3 atom stereocenters. The topological polar surface area (TPSA) is 312 Å². The van der Waals surface area contributed by atoms with Crippen LogP contribution in [0.4, 0.5) is 4.79 Å². The Kier molecular flexibility index (Phi) is 19.4. The highest BCUT2D eigenvalue weighted by Crippen LogP contribution is 2.32. The van der Waals surface area contributed by atoms with Gasteiger partial charge in [-0.15, -0.1) is 15.3 Å². The number of hydrogen-bond donors (Lipinski definition) is 4. The number of amides is 2. The second-order valence-corrected chi connectivity index (χ2v) is 17.7. The van der Waals surface area contributed by atoms with Crippen molar-refractivity contribution in [2.45, 2.75) is 96.9 Å². The van der Waals surface area contributed by atoms with Crippen molar-refractivity contribution in [2.75, 3.05) is 47.8 Å². The minimum Gasteiger partial charge on any atom is -0.534 e. The van der Waals surface area contributed by atoms with Crippen LogP contribution in [0.25, 0.3) is 0 Å². The number of carbonyl (C=O) groups is 6. The van der Waals surface area contributed by atoms with Crippen LogP contribution in [0, 0.1) is 5.92 Å². The van der Waals surface area contributed by atoms with Crippen molar-refractivity contribution in [1.29, 1.82) is 0 Å². The van der Waals surface area contributed by atoms with Crippen LogP contribution in [-0.4, -0.2) is 171 Å². The van der Waals surface area contributed by atoms with Crippen LogP contribution in [0.2, 0.25) is 0 Å². The Morgan fingerprint density at radius 3 is 2.03 bits per heavy atom. The molecule has 0 fully saturated rings. The Morgan fingerprint density at radius 2 is 1.43 bits per heavy atom. The molecule has 0 spiro atoms. The highest BCUT2D eigenvalue weighted by Gasteiger charge is 2.39. The van der Waals surface area contributed by atoms with E-state index in [1.54, 1.807) is 44.3 Å². The number of tetrazole rings is 1. The highest BCUT2D eigenvalue weighted by atomic mass is 16.8. The van der Waals surface area contributed by atoms with Crippen molar-refractivity contribution < 1.29 is 71.8 Å². The molecule has 0 saturated heterocycles. The molecular weight excluding hydrogens is 944 g/mol. The molecule has 26 nitrogen and oxygen atoms in total. The summed E-state index contributed by atoms with van der Waals surface area (Å²) in [5.41, 5.74) is 1.67. The first-order chi connectivity index (χ1) is 34.5. The van der Waals surface area contributed by atoms with Crippen LogP contribution in [-0.2, 0) is 77.0 Å². The van der Waals surface area contributed by atoms with Crippen molar-refractivity contribution in [2.24, 2.45) is 5.92 Å². The van der Waals surface area contributed by atoms with Gasteiger partial charge in [-0.05, 0) is 102 Å². The van der Waals surface area contributed by atoms with E-state index >= 15 is 0 Å². The molecule has 0 radical (unpaired) electrons. The molecule has 2 amide bonds. The van der Waals surface area contributed by atoms with Gasteiger partial charge in [0.15, 0.2) is 5.82 Å². The average molecular weight is 1000 g/mol. The number of nitrogens with zero attached hydrogens (tertiary/aromatic N) is 9. The number of para-hydroxylation sites is 2. The molecule has 4 heterocycles. The van der Waals surface area contributed by atoms with Crippen LogP contribution < -0.4 is 19.9 Å². The number of ether oxygens (including phenoxy) is 5. The molecule has 2 aliphatic heterocycles. The van der Waals surface area contributed by atoms with Gasteiger partial charge >= 0.3 is 38.3 Å². The molecule has 0 saturated carbocycles. The molecule has 0 aliphatic carbocycles. The maximum absolute atomic E-state index is 13.1. The molecule has 1 unspecified atom stereocenters. The maximum atomic E-state index is 13.1. The molecule has 4 N–H and O–H groups in total. The number of aromatic nitrogens is 7. The van der Waals surface area contributed by atoms with E-state index in [0.717, 1.165) is 0 Å². The first kappa shape index (κ1) is 54.2. The lowest BCUT2D eigenvalue weighted by Crippen LogP contribution is -2.53. The normalized spacial score (nSPS) is 15.4. The van der Waals surface area contributed by atoms with E-state index in [0.29, 0.717) is 62.3 Å². The van der Waals surface area contributed by atoms with Crippen molar-refractivity contribution in [1.82, 2.24) is 55.6 Å². The molecule has 72 heavy (non-hydrogen) atoms. The van der Waals surface area contributed by atoms with Crippen molar-refractivity contribution in [3.05, 3.63) is 76.4 Å². The number of fused-ring (bicyclic) bond motifs is 2. The van der Waals surface area contributed by atoms with Crippen molar-refractivity contribution in [3.63, 3.8) is 0 Å². The lowest BCUT2D eigenvalue weighted by Gasteiger charge is -2.29. The van der Waals surface area contributed by atoms with Crippen molar-refractivity contribution >= 4 is 50.1 Å². The number of carbonyl (C=O) groups excluding carboxylic acids is 6. The molecule has 2 aromatic carbocycles. The smallest absolute Gasteiger partial charge is 0.534 e. The van der Waals surface area contributed by atoms with Crippen molar-refractivity contribution in [3.8, 4) is 11.5 Å². The third kappa shape index (κ3) is 15.7. The van der Waals surface area contributed by atoms with E-state index in [1.807, 2.05) is 37.9 Å². The van der Waals surface area contributed by atoms with E-state index in [-0.39, 0.29) is 54.3 Å². The number of benzene rings is 2. The molecule has 6 rings (SSSR count). The Balaban J connectivity index is 0.877. The Hall–Kier alpha value is -7.16. The highest BCUT2D eigenvalue weighted by molar-refractivity contribution is 6.47. The summed E-state index contributed by atoms with van der Waals surface area (Å²) in [4.78, 5) is 81.5. The zero-order valence-corrected chi connectivity index (χ0v) is 40.9. The first-order valence-electron chi connectivity index (χ1n) is 23.3. The molecule has 386 valence electrons. The van der Waals surface area contributed by atoms with E-state index in [1.165, 1.54) is 21.6 Å². The van der Waals surface area contributed by atoms with Gasteiger partial charge < -0.3 is 63.5 Å². The zero-order chi connectivity index (χ0) is 51.9. The molecular formula is C44H59B2N11O15. The summed E-state index contributed by atoms with van der Waals surface area (Å²) in [6, 6.07) is 9.46. The Labute approximate surface area is 415 Å². The van der Waals surface area contributed by atoms with E-state index in [9.17, 15) is 38.8 Å². The second kappa shape index (κ2) is 25.8. The van der Waals surface area contributed by atoms with E-state index < -0.39 is 87.6 Å². The van der Waals surface area contributed by atoms with Gasteiger partial charge in [-0.2, -0.15) is 4.80 Å². The Bertz CT molecular complexity index is 2530. The van der Waals surface area contributed by atoms with Crippen LogP contribution in [0.3, 0.4) is 0 Å². The third-order valence-corrected chi connectivity index (χ3v) is 11.3. The SMILES string of the molecule is CCC(CCCN(C)Cc1cn(CC(=O)N[C@H]2Cc3cccc(C(=O)OCOC(=O)OC(C)C)c3OB2O)nn1)C(=O)OCOC(=O)c1cccc2c1OB(O)[C@@H](NC(=O)Cc1nnn(CCN(C)C)n1)C2. The summed E-state index contributed by atoms with van der Waals surface area (Å²) in [5.74, 6) is -4.89. The van der Waals surface area contributed by atoms with Gasteiger partial charge in [0.05, 0.1) is 48.8 Å². The largest absolute Gasteiger partial charge is 0.547 e. The van der Waals surface area contributed by atoms with Crippen LogP contribution in [0.5, 0.6) is 11.5 Å². The standard InChI is InChI=1S/C44H59B2N11O15/c1-7-28(41(60)66-25-67-42(61)32-14-8-11-29-19-34(45(64)71-39(29)32)47-37(58)21-36-50-53-57(51-36)18-17-54(4)5)13-10-16-55(6)22-31-23-56(52-49-31)24-38(59)48-35-20-30-12-9-15-33(40(30)72-46(35)65)43(62)68-26-69-44(63)70-27(2)3/h8-9,11-12,14-15,23,27-28,34-35,64-65H,7,10,13,16-22,24-26H2,1-6H3,(H,47,58)(H,48,59)/t28?,34-,35-/m0/s1. The molecule has 0 bridgehead atoms. The van der Waals surface area contributed by atoms with Crippen LogP contribution in [0.1, 0.15) is 83.4 Å². The summed E-state index contributed by atoms with van der Waals surface area (Å²) < 4.78 is 37.9. The fourth-order valence-electron chi connectivity index (χ4n) is 7.66. The van der Waals surface area contributed by atoms with Crippen LogP contribution >= 0.6 is 0 Å². The first-order valence-corrected chi connectivity index (χ1v) is 23.3. The van der Waals surface area contributed by atoms with Gasteiger partial charge in [0.2, 0.25) is 25.4 Å². The fraction of sp³-hybridized carbons (Fsp3) is 0.523. The number of nitrogens with one attached hydrogen (secondary N) is 2. The van der Waals surface area contributed by atoms with Gasteiger partial charge in [0.25, 0.3) is 0 Å². The minimum atomic E-state index is -1.50. The number of hydrogen-bond acceptors (Lipinski definition) is 22. The average Bonchev–Trinajstić information content (AvgIpc) is 3.97. The monoisotopic (exact) mass is 1000 g/mol. The van der Waals surface area contributed by atoms with Gasteiger partial charge in [-0.3, -0.25) is 14.4 Å².